The average Bonchev–Trinajstić information content (AvgIpc) is 2.42. The maximum absolute atomic E-state index is 13.4. The molecule has 5 heteroatoms. The fraction of sp³-hybridized carbons (Fsp3) is 0.0714. The van der Waals surface area contributed by atoms with Crippen molar-refractivity contribution in [3.63, 3.8) is 0 Å². The number of rotatable bonds is 4. The molecule has 0 saturated heterocycles. The van der Waals surface area contributed by atoms with Gasteiger partial charge in [0.25, 0.3) is 0 Å². The van der Waals surface area contributed by atoms with Gasteiger partial charge in [0.15, 0.2) is 0 Å². The summed E-state index contributed by atoms with van der Waals surface area (Å²) in [4.78, 5) is 11.7. The first-order chi connectivity index (χ1) is 9.15. The van der Waals surface area contributed by atoms with Crippen LogP contribution in [0.15, 0.2) is 53.0 Å². The van der Waals surface area contributed by atoms with Crippen molar-refractivity contribution >= 4 is 33.2 Å². The highest BCUT2D eigenvalue weighted by molar-refractivity contribution is 9.10. The minimum Gasteiger partial charge on any atom is -0.376 e. The molecule has 1 amide bonds. The Balaban J connectivity index is 1.93. The van der Waals surface area contributed by atoms with Crippen LogP contribution in [0.25, 0.3) is 0 Å². The summed E-state index contributed by atoms with van der Waals surface area (Å²) < 4.78 is 14.1. The second kappa shape index (κ2) is 6.33. The average molecular weight is 323 g/mol. The van der Waals surface area contributed by atoms with Crippen LogP contribution < -0.4 is 10.6 Å². The number of para-hydroxylation sites is 1. The van der Waals surface area contributed by atoms with E-state index in [-0.39, 0.29) is 18.1 Å². The van der Waals surface area contributed by atoms with Crippen LogP contribution in [0.2, 0.25) is 0 Å². The number of carbonyl (C=O) groups excluding carboxylic acids is 1. The first-order valence-corrected chi connectivity index (χ1v) is 6.48. The third-order valence-corrected chi connectivity index (χ3v) is 2.92. The molecule has 0 fully saturated rings. The Hall–Kier alpha value is -1.88. The van der Waals surface area contributed by atoms with Crippen molar-refractivity contribution in [2.75, 3.05) is 17.2 Å². The fourth-order valence-electron chi connectivity index (χ4n) is 1.53. The van der Waals surface area contributed by atoms with Crippen LogP contribution in [-0.2, 0) is 4.79 Å². The molecule has 0 atom stereocenters. The molecular weight excluding hydrogens is 311 g/mol. The van der Waals surface area contributed by atoms with Gasteiger partial charge in [-0.3, -0.25) is 4.79 Å². The molecule has 2 aromatic carbocycles. The Kier molecular flexibility index (Phi) is 4.52. The highest BCUT2D eigenvalue weighted by Gasteiger charge is 2.07. The standard InChI is InChI=1S/C14H12BrFN2O/c15-10-6-7-12(16)13(8-10)18-14(19)9-17-11-4-2-1-3-5-11/h1-8,17H,9H2,(H,18,19). The lowest BCUT2D eigenvalue weighted by Crippen LogP contribution is -2.22. The molecule has 98 valence electrons. The highest BCUT2D eigenvalue weighted by atomic mass is 79.9. The van der Waals surface area contributed by atoms with E-state index in [9.17, 15) is 9.18 Å². The lowest BCUT2D eigenvalue weighted by atomic mass is 10.3. The molecule has 0 aliphatic carbocycles. The van der Waals surface area contributed by atoms with Crippen molar-refractivity contribution in [1.29, 1.82) is 0 Å². The van der Waals surface area contributed by atoms with Gasteiger partial charge in [-0.1, -0.05) is 34.1 Å². The van der Waals surface area contributed by atoms with Gasteiger partial charge in [0.2, 0.25) is 5.91 Å². The quantitative estimate of drug-likeness (QED) is 0.902. The van der Waals surface area contributed by atoms with E-state index in [1.54, 1.807) is 6.07 Å². The molecule has 0 heterocycles. The van der Waals surface area contributed by atoms with Gasteiger partial charge in [0, 0.05) is 10.2 Å². The summed E-state index contributed by atoms with van der Waals surface area (Å²) in [5, 5.41) is 5.47. The van der Waals surface area contributed by atoms with E-state index in [4.69, 9.17) is 0 Å². The summed E-state index contributed by atoms with van der Waals surface area (Å²) in [5.41, 5.74) is 1.00. The second-order valence-corrected chi connectivity index (χ2v) is 4.81. The number of carbonyl (C=O) groups is 1. The van der Waals surface area contributed by atoms with Gasteiger partial charge in [0.05, 0.1) is 12.2 Å². The summed E-state index contributed by atoms with van der Waals surface area (Å²) in [7, 11) is 0. The Bertz CT molecular complexity index is 575. The van der Waals surface area contributed by atoms with Crippen LogP contribution in [0.3, 0.4) is 0 Å². The zero-order valence-corrected chi connectivity index (χ0v) is 11.6. The molecule has 0 spiro atoms. The summed E-state index contributed by atoms with van der Waals surface area (Å²) in [5.74, 6) is -0.767. The lowest BCUT2D eigenvalue weighted by molar-refractivity contribution is -0.114. The molecule has 19 heavy (non-hydrogen) atoms. The molecule has 0 aliphatic heterocycles. The number of nitrogens with one attached hydrogen (secondary N) is 2. The number of hydrogen-bond donors (Lipinski definition) is 2. The Morgan fingerprint density at radius 2 is 1.89 bits per heavy atom. The molecule has 2 rings (SSSR count). The van der Waals surface area contributed by atoms with Crippen molar-refractivity contribution in [3.05, 3.63) is 58.8 Å². The molecule has 0 aromatic heterocycles. The van der Waals surface area contributed by atoms with E-state index in [1.807, 2.05) is 30.3 Å². The molecule has 0 saturated carbocycles. The molecule has 3 nitrogen and oxygen atoms in total. The van der Waals surface area contributed by atoms with Crippen LogP contribution in [0.1, 0.15) is 0 Å². The number of hydrogen-bond acceptors (Lipinski definition) is 2. The van der Waals surface area contributed by atoms with Gasteiger partial charge in [-0.2, -0.15) is 0 Å². The molecule has 2 N–H and O–H groups in total. The first kappa shape index (κ1) is 13.5. The summed E-state index contributed by atoms with van der Waals surface area (Å²) >= 11 is 3.23. The topological polar surface area (TPSA) is 41.1 Å². The molecule has 2 aromatic rings. The van der Waals surface area contributed by atoms with Crippen molar-refractivity contribution in [2.24, 2.45) is 0 Å². The Morgan fingerprint density at radius 1 is 1.16 bits per heavy atom. The van der Waals surface area contributed by atoms with Gasteiger partial charge >= 0.3 is 0 Å². The fourth-order valence-corrected chi connectivity index (χ4v) is 1.89. The van der Waals surface area contributed by atoms with E-state index in [0.717, 1.165) is 5.69 Å². The summed E-state index contributed by atoms with van der Waals surface area (Å²) in [6.07, 6.45) is 0. The van der Waals surface area contributed by atoms with Gasteiger partial charge < -0.3 is 10.6 Å². The minimum absolute atomic E-state index is 0.0793. The van der Waals surface area contributed by atoms with Crippen LogP contribution in [0.4, 0.5) is 15.8 Å². The zero-order valence-electron chi connectivity index (χ0n) is 9.99. The molecule has 0 unspecified atom stereocenters. The third kappa shape index (κ3) is 4.06. The largest absolute Gasteiger partial charge is 0.376 e. The number of halogens is 2. The number of benzene rings is 2. The Morgan fingerprint density at radius 3 is 2.63 bits per heavy atom. The normalized spacial score (nSPS) is 10.0. The van der Waals surface area contributed by atoms with E-state index >= 15 is 0 Å². The van der Waals surface area contributed by atoms with Crippen molar-refractivity contribution < 1.29 is 9.18 Å². The Labute approximate surface area is 119 Å². The monoisotopic (exact) mass is 322 g/mol. The van der Waals surface area contributed by atoms with Gasteiger partial charge in [0.1, 0.15) is 5.82 Å². The van der Waals surface area contributed by atoms with Crippen LogP contribution in [0.5, 0.6) is 0 Å². The highest BCUT2D eigenvalue weighted by Crippen LogP contribution is 2.19. The van der Waals surface area contributed by atoms with Gasteiger partial charge in [-0.05, 0) is 30.3 Å². The van der Waals surface area contributed by atoms with E-state index in [2.05, 4.69) is 26.6 Å². The van der Waals surface area contributed by atoms with E-state index in [1.165, 1.54) is 12.1 Å². The van der Waals surface area contributed by atoms with E-state index < -0.39 is 5.82 Å². The van der Waals surface area contributed by atoms with Crippen molar-refractivity contribution in [1.82, 2.24) is 0 Å². The van der Waals surface area contributed by atoms with Crippen LogP contribution >= 0.6 is 15.9 Å². The summed E-state index contributed by atoms with van der Waals surface area (Å²) in [6.45, 7) is 0.0793. The predicted molar refractivity (Wildman–Crippen MR) is 77.7 cm³/mol. The number of anilines is 2. The predicted octanol–water partition coefficient (Wildman–Crippen LogP) is 3.64. The summed E-state index contributed by atoms with van der Waals surface area (Å²) in [6, 6.07) is 13.7. The van der Waals surface area contributed by atoms with Crippen molar-refractivity contribution in [2.45, 2.75) is 0 Å². The maximum atomic E-state index is 13.4. The molecular formula is C14H12BrFN2O. The van der Waals surface area contributed by atoms with Crippen molar-refractivity contribution in [3.8, 4) is 0 Å². The molecule has 0 radical (unpaired) electrons. The molecule has 0 aliphatic rings. The maximum Gasteiger partial charge on any atom is 0.243 e. The third-order valence-electron chi connectivity index (χ3n) is 2.43. The first-order valence-electron chi connectivity index (χ1n) is 5.69. The lowest BCUT2D eigenvalue weighted by Gasteiger charge is -2.08. The number of amides is 1. The van der Waals surface area contributed by atoms with Crippen LogP contribution in [-0.4, -0.2) is 12.5 Å². The van der Waals surface area contributed by atoms with E-state index in [0.29, 0.717) is 4.47 Å². The zero-order chi connectivity index (χ0) is 13.7. The molecule has 0 bridgehead atoms. The second-order valence-electron chi connectivity index (χ2n) is 3.89. The smallest absolute Gasteiger partial charge is 0.243 e. The van der Waals surface area contributed by atoms with Gasteiger partial charge in [-0.25, -0.2) is 4.39 Å². The minimum atomic E-state index is -0.462. The van der Waals surface area contributed by atoms with Gasteiger partial charge in [-0.15, -0.1) is 0 Å². The SMILES string of the molecule is O=C(CNc1ccccc1)Nc1cc(Br)ccc1F. The van der Waals surface area contributed by atoms with Crippen LogP contribution in [0, 0.1) is 5.82 Å².